The summed E-state index contributed by atoms with van der Waals surface area (Å²) >= 11 is 0. The Morgan fingerprint density at radius 3 is 2.40 bits per heavy atom. The highest BCUT2D eigenvalue weighted by molar-refractivity contribution is 6.11. The first-order chi connectivity index (χ1) is 20.2. The Balaban J connectivity index is 1.42. The Morgan fingerprint density at radius 2 is 1.71 bits per heavy atom. The molecule has 0 atom stereocenters. The second-order valence-electron chi connectivity index (χ2n) is 10.6. The number of hydrogen-bond donors (Lipinski definition) is 2. The van der Waals surface area contributed by atoms with E-state index in [1.165, 1.54) is 12.1 Å². The fourth-order valence-electron chi connectivity index (χ4n) is 5.25. The van der Waals surface area contributed by atoms with Gasteiger partial charge >= 0.3 is 0 Å². The summed E-state index contributed by atoms with van der Waals surface area (Å²) in [5.74, 6) is -1.20. The van der Waals surface area contributed by atoms with Crippen LogP contribution < -0.4 is 15.1 Å². The molecule has 0 spiro atoms. The lowest BCUT2D eigenvalue weighted by atomic mass is 10.0. The molecule has 1 fully saturated rings. The van der Waals surface area contributed by atoms with Gasteiger partial charge in [-0.1, -0.05) is 6.07 Å². The average Bonchev–Trinajstić information content (AvgIpc) is 3.37. The number of carbonyl (C=O) groups excluding carboxylic acids is 1. The van der Waals surface area contributed by atoms with Crippen molar-refractivity contribution in [3.05, 3.63) is 82.9 Å². The van der Waals surface area contributed by atoms with Crippen molar-refractivity contribution < 1.29 is 23.0 Å². The lowest BCUT2D eigenvalue weighted by molar-refractivity contribution is -0.0944. The summed E-state index contributed by atoms with van der Waals surface area (Å²) in [5.41, 5.74) is 4.31. The van der Waals surface area contributed by atoms with Crippen molar-refractivity contribution in [3.8, 4) is 0 Å². The molecule has 2 heterocycles. The van der Waals surface area contributed by atoms with E-state index in [-0.39, 0.29) is 5.91 Å². The molecule has 1 aliphatic heterocycles. The molecule has 5 rings (SSSR count). The second kappa shape index (κ2) is 12.8. The van der Waals surface area contributed by atoms with Gasteiger partial charge in [-0.3, -0.25) is 9.89 Å². The SMILES string of the molecule is COC(CN(C)c1cc(N2CCN(C)CC2)ccc1C(=O)Nc1n[nH]c2ccc(Cc3cc(F)cc(F)c3)cc12)OC. The van der Waals surface area contributed by atoms with Crippen molar-refractivity contribution in [1.82, 2.24) is 15.1 Å². The number of nitrogens with zero attached hydrogens (tertiary/aromatic N) is 4. The van der Waals surface area contributed by atoms with Crippen LogP contribution in [0.4, 0.5) is 26.0 Å². The number of halogens is 2. The summed E-state index contributed by atoms with van der Waals surface area (Å²) in [6.45, 7) is 4.13. The summed E-state index contributed by atoms with van der Waals surface area (Å²) in [5, 5.41) is 10.9. The molecule has 0 saturated carbocycles. The Morgan fingerprint density at radius 1 is 1.00 bits per heavy atom. The number of amides is 1. The summed E-state index contributed by atoms with van der Waals surface area (Å²) in [7, 11) is 7.18. The highest BCUT2D eigenvalue weighted by atomic mass is 19.1. The molecule has 222 valence electrons. The van der Waals surface area contributed by atoms with Crippen LogP contribution in [0.15, 0.2) is 54.6 Å². The number of rotatable bonds is 10. The molecule has 1 amide bonds. The van der Waals surface area contributed by atoms with Crippen LogP contribution in [0.5, 0.6) is 0 Å². The molecule has 11 heteroatoms. The maximum Gasteiger partial charge on any atom is 0.258 e. The van der Waals surface area contributed by atoms with Gasteiger partial charge in [0.25, 0.3) is 5.91 Å². The maximum absolute atomic E-state index is 13.7. The van der Waals surface area contributed by atoms with E-state index >= 15 is 0 Å². The molecule has 1 aromatic heterocycles. The van der Waals surface area contributed by atoms with Crippen LogP contribution in [0.2, 0.25) is 0 Å². The minimum absolute atomic E-state index is 0.320. The Labute approximate surface area is 244 Å². The van der Waals surface area contributed by atoms with Gasteiger partial charge < -0.3 is 29.5 Å². The zero-order chi connectivity index (χ0) is 29.8. The molecule has 3 aromatic carbocycles. The normalized spacial score (nSPS) is 14.1. The number of H-pyrrole nitrogens is 1. The van der Waals surface area contributed by atoms with Gasteiger partial charge in [0, 0.05) is 64.6 Å². The number of aromatic amines is 1. The Kier molecular flexibility index (Phi) is 9.00. The first-order valence-electron chi connectivity index (χ1n) is 13.8. The van der Waals surface area contributed by atoms with Crippen molar-refractivity contribution >= 4 is 34.0 Å². The minimum Gasteiger partial charge on any atom is -0.369 e. The van der Waals surface area contributed by atoms with E-state index in [2.05, 4.69) is 32.4 Å². The van der Waals surface area contributed by atoms with Crippen LogP contribution in [0.1, 0.15) is 21.5 Å². The third-order valence-corrected chi connectivity index (χ3v) is 7.64. The molecule has 1 saturated heterocycles. The molecular weight excluding hydrogens is 542 g/mol. The first kappa shape index (κ1) is 29.4. The van der Waals surface area contributed by atoms with Gasteiger partial charge in [0.1, 0.15) is 11.6 Å². The van der Waals surface area contributed by atoms with Gasteiger partial charge in [-0.05, 0) is 67.1 Å². The molecule has 9 nitrogen and oxygen atoms in total. The summed E-state index contributed by atoms with van der Waals surface area (Å²) in [4.78, 5) is 20.3. The van der Waals surface area contributed by atoms with Crippen molar-refractivity contribution in [3.63, 3.8) is 0 Å². The molecule has 2 N–H and O–H groups in total. The van der Waals surface area contributed by atoms with Gasteiger partial charge in [-0.2, -0.15) is 5.10 Å². The van der Waals surface area contributed by atoms with Crippen molar-refractivity contribution in [2.45, 2.75) is 12.7 Å². The van der Waals surface area contributed by atoms with Gasteiger partial charge in [-0.15, -0.1) is 0 Å². The van der Waals surface area contributed by atoms with E-state index in [9.17, 15) is 13.6 Å². The quantitative estimate of drug-likeness (QED) is 0.268. The van der Waals surface area contributed by atoms with E-state index in [1.807, 2.05) is 48.3 Å². The molecule has 0 radical (unpaired) electrons. The van der Waals surface area contributed by atoms with Crippen LogP contribution >= 0.6 is 0 Å². The highest BCUT2D eigenvalue weighted by Gasteiger charge is 2.22. The Hall–Kier alpha value is -4.06. The second-order valence-corrected chi connectivity index (χ2v) is 10.6. The largest absolute Gasteiger partial charge is 0.369 e. The van der Waals surface area contributed by atoms with E-state index in [0.717, 1.165) is 54.7 Å². The maximum atomic E-state index is 13.7. The number of ether oxygens (including phenoxy) is 2. The van der Waals surface area contributed by atoms with Gasteiger partial charge in [0.2, 0.25) is 0 Å². The van der Waals surface area contributed by atoms with Crippen LogP contribution in [-0.2, 0) is 15.9 Å². The van der Waals surface area contributed by atoms with Crippen LogP contribution in [-0.4, -0.2) is 88.3 Å². The monoisotopic (exact) mass is 578 g/mol. The van der Waals surface area contributed by atoms with E-state index in [4.69, 9.17) is 9.47 Å². The highest BCUT2D eigenvalue weighted by Crippen LogP contribution is 2.30. The first-order valence-corrected chi connectivity index (χ1v) is 13.8. The van der Waals surface area contributed by atoms with Crippen LogP contribution in [0, 0.1) is 11.6 Å². The van der Waals surface area contributed by atoms with Crippen LogP contribution in [0.25, 0.3) is 10.9 Å². The lowest BCUT2D eigenvalue weighted by Gasteiger charge is -2.35. The smallest absolute Gasteiger partial charge is 0.258 e. The van der Waals surface area contributed by atoms with Gasteiger partial charge in [0.15, 0.2) is 12.1 Å². The number of likely N-dealkylation sites (N-methyl/N-ethyl adjacent to an activating group) is 2. The predicted octanol–water partition coefficient (Wildman–Crippen LogP) is 4.49. The number of piperazine rings is 1. The minimum atomic E-state index is -0.621. The van der Waals surface area contributed by atoms with E-state index in [1.54, 1.807) is 14.2 Å². The zero-order valence-corrected chi connectivity index (χ0v) is 24.3. The van der Waals surface area contributed by atoms with Gasteiger partial charge in [-0.25, -0.2) is 8.78 Å². The fourth-order valence-corrected chi connectivity index (χ4v) is 5.25. The number of benzene rings is 3. The number of nitrogens with one attached hydrogen (secondary N) is 2. The average molecular weight is 579 g/mol. The number of carbonyl (C=O) groups is 1. The molecule has 42 heavy (non-hydrogen) atoms. The molecule has 1 aliphatic rings. The van der Waals surface area contributed by atoms with Crippen molar-refractivity contribution in [2.75, 3.05) is 76.2 Å². The molecular formula is C31H36F2N6O3. The van der Waals surface area contributed by atoms with Crippen LogP contribution in [0.3, 0.4) is 0 Å². The van der Waals surface area contributed by atoms with E-state index in [0.29, 0.717) is 35.3 Å². The molecule has 4 aromatic rings. The lowest BCUT2D eigenvalue weighted by Crippen LogP contribution is -2.44. The standard InChI is InChI=1S/C31H36F2N6O3/c1-37-9-11-39(12-10-37)24-6-7-25(28(18-24)38(2)19-29(41-3)42-4)31(40)34-30-26-16-20(5-8-27(26)35-36-30)13-21-14-22(32)17-23(33)15-21/h5-8,14-18,29H,9-13,19H2,1-4H3,(H2,34,35,36,40). The predicted molar refractivity (Wildman–Crippen MR) is 160 cm³/mol. The molecule has 0 aliphatic carbocycles. The van der Waals surface area contributed by atoms with Gasteiger partial charge in [0.05, 0.1) is 23.3 Å². The summed E-state index contributed by atoms with van der Waals surface area (Å²) in [6, 6.07) is 14.9. The number of aromatic nitrogens is 2. The fraction of sp³-hybridized carbons (Fsp3) is 0.355. The summed E-state index contributed by atoms with van der Waals surface area (Å²) in [6.07, 6.45) is -0.148. The molecule has 0 unspecified atom stereocenters. The number of fused-ring (bicyclic) bond motifs is 1. The van der Waals surface area contributed by atoms with Crippen molar-refractivity contribution in [2.24, 2.45) is 0 Å². The summed E-state index contributed by atoms with van der Waals surface area (Å²) < 4.78 is 38.3. The Bertz CT molecular complexity index is 1530. The topological polar surface area (TPSA) is 86.0 Å². The molecule has 0 bridgehead atoms. The van der Waals surface area contributed by atoms with E-state index < -0.39 is 17.9 Å². The van der Waals surface area contributed by atoms with Crippen molar-refractivity contribution in [1.29, 1.82) is 0 Å². The zero-order valence-electron chi connectivity index (χ0n) is 24.3. The number of hydrogen-bond acceptors (Lipinski definition) is 7. The third kappa shape index (κ3) is 6.70. The number of anilines is 3. The third-order valence-electron chi connectivity index (χ3n) is 7.64. The number of methoxy groups -OCH3 is 2.